The molecule has 1 aromatic heterocycles. The Balaban J connectivity index is 3.25. The molecule has 0 saturated carbocycles. The number of nitrogen functional groups attached to an aromatic ring is 1. The van der Waals surface area contributed by atoms with Crippen molar-refractivity contribution in [1.29, 1.82) is 0 Å². The maximum absolute atomic E-state index is 5.72. The third-order valence-corrected chi connectivity index (χ3v) is 1.64. The van der Waals surface area contributed by atoms with Crippen molar-refractivity contribution in [3.8, 4) is 0 Å². The summed E-state index contributed by atoms with van der Waals surface area (Å²) >= 11 is 5.72. The van der Waals surface area contributed by atoms with E-state index in [9.17, 15) is 0 Å². The number of hydrogen-bond donors (Lipinski definition) is 1. The van der Waals surface area contributed by atoms with Crippen molar-refractivity contribution in [2.24, 2.45) is 0 Å². The number of nitrogens with two attached hydrogens (primary N) is 1. The van der Waals surface area contributed by atoms with E-state index in [1.807, 2.05) is 19.1 Å². The standard InChI is InChI=1S/C6H8ClN2/c1-5-3-2-4-9(8)6(5)7/h2-4H,8H2,1H3/q+1. The predicted octanol–water partition coefficient (Wildman–Crippen LogP) is 0.650. The molecule has 1 rings (SSSR count). The Labute approximate surface area is 58.8 Å². The lowest BCUT2D eigenvalue weighted by atomic mass is 10.3. The molecule has 48 valence electrons. The Kier molecular flexibility index (Phi) is 1.58. The summed E-state index contributed by atoms with van der Waals surface area (Å²) in [5.74, 6) is 5.41. The lowest BCUT2D eigenvalue weighted by Crippen LogP contribution is -2.45. The number of hydrogen-bond acceptors (Lipinski definition) is 1. The van der Waals surface area contributed by atoms with Crippen LogP contribution in [0.15, 0.2) is 18.3 Å². The summed E-state index contributed by atoms with van der Waals surface area (Å²) in [5, 5.41) is 0.581. The summed E-state index contributed by atoms with van der Waals surface area (Å²) in [6.07, 6.45) is 1.70. The summed E-state index contributed by atoms with van der Waals surface area (Å²) in [7, 11) is 0. The van der Waals surface area contributed by atoms with E-state index in [1.54, 1.807) is 6.20 Å². The lowest BCUT2D eigenvalue weighted by molar-refractivity contribution is -0.636. The fourth-order valence-corrected chi connectivity index (χ4v) is 0.737. The van der Waals surface area contributed by atoms with Crippen LogP contribution in [0, 0.1) is 6.92 Å². The van der Waals surface area contributed by atoms with Gasteiger partial charge in [0.25, 0.3) is 0 Å². The molecule has 0 aliphatic carbocycles. The number of rotatable bonds is 0. The highest BCUT2D eigenvalue weighted by Gasteiger charge is 2.04. The van der Waals surface area contributed by atoms with Crippen molar-refractivity contribution >= 4 is 11.6 Å². The summed E-state index contributed by atoms with van der Waals surface area (Å²) in [6.45, 7) is 1.91. The van der Waals surface area contributed by atoms with Gasteiger partial charge in [-0.15, -0.1) is 0 Å². The SMILES string of the molecule is Cc1ccc[n+](N)c1Cl. The van der Waals surface area contributed by atoms with Gasteiger partial charge in [0.1, 0.15) is 0 Å². The number of nitrogens with zero attached hydrogens (tertiary/aromatic N) is 1. The van der Waals surface area contributed by atoms with Crippen LogP contribution < -0.4 is 10.5 Å². The van der Waals surface area contributed by atoms with E-state index >= 15 is 0 Å². The van der Waals surface area contributed by atoms with Crippen LogP contribution in [0.5, 0.6) is 0 Å². The quantitative estimate of drug-likeness (QED) is 0.323. The second kappa shape index (κ2) is 2.23. The highest BCUT2D eigenvalue weighted by atomic mass is 35.5. The molecule has 0 amide bonds. The third kappa shape index (κ3) is 1.13. The van der Waals surface area contributed by atoms with Crippen LogP contribution in [0.1, 0.15) is 5.56 Å². The molecule has 2 N–H and O–H groups in total. The zero-order valence-corrected chi connectivity index (χ0v) is 5.89. The molecule has 0 saturated heterocycles. The smallest absolute Gasteiger partial charge is 0.204 e. The van der Waals surface area contributed by atoms with Crippen LogP contribution in [0.4, 0.5) is 0 Å². The van der Waals surface area contributed by atoms with Crippen molar-refractivity contribution in [3.63, 3.8) is 0 Å². The summed E-state index contributed by atoms with van der Waals surface area (Å²) in [4.78, 5) is 0. The van der Waals surface area contributed by atoms with Crippen molar-refractivity contribution in [2.45, 2.75) is 6.92 Å². The second-order valence-corrected chi connectivity index (χ2v) is 2.25. The van der Waals surface area contributed by atoms with E-state index in [-0.39, 0.29) is 0 Å². The van der Waals surface area contributed by atoms with Gasteiger partial charge < -0.3 is 0 Å². The number of aromatic nitrogens is 1. The average Bonchev–Trinajstić information content (AvgIpc) is 1.83. The number of pyridine rings is 1. The first-order valence-corrected chi connectivity index (χ1v) is 3.01. The third-order valence-electron chi connectivity index (χ3n) is 1.14. The molecule has 0 radical (unpaired) electrons. The molecule has 0 bridgehead atoms. The van der Waals surface area contributed by atoms with Crippen molar-refractivity contribution in [2.75, 3.05) is 5.84 Å². The van der Waals surface area contributed by atoms with Gasteiger partial charge in [0.15, 0.2) is 0 Å². The number of halogens is 1. The molecule has 1 heterocycles. The topological polar surface area (TPSA) is 29.9 Å². The zero-order chi connectivity index (χ0) is 6.85. The van der Waals surface area contributed by atoms with E-state index in [2.05, 4.69) is 0 Å². The minimum absolute atomic E-state index is 0.581. The van der Waals surface area contributed by atoms with Crippen LogP contribution in [-0.4, -0.2) is 0 Å². The normalized spacial score (nSPS) is 9.56. The van der Waals surface area contributed by atoms with Gasteiger partial charge in [0.2, 0.25) is 6.20 Å². The van der Waals surface area contributed by atoms with Crippen LogP contribution in [0.25, 0.3) is 0 Å². The molecule has 0 aromatic carbocycles. The van der Waals surface area contributed by atoms with E-state index < -0.39 is 0 Å². The maximum Gasteiger partial charge on any atom is 0.306 e. The molecule has 3 heteroatoms. The molecule has 1 aromatic rings. The lowest BCUT2D eigenvalue weighted by Gasteiger charge is -1.90. The Hall–Kier alpha value is -0.760. The van der Waals surface area contributed by atoms with Crippen LogP contribution in [0.2, 0.25) is 5.15 Å². The van der Waals surface area contributed by atoms with E-state index in [1.165, 1.54) is 4.68 Å². The van der Waals surface area contributed by atoms with Crippen LogP contribution in [0.3, 0.4) is 0 Å². The summed E-state index contributed by atoms with van der Waals surface area (Å²) < 4.78 is 1.39. The first-order valence-electron chi connectivity index (χ1n) is 2.63. The van der Waals surface area contributed by atoms with Gasteiger partial charge in [-0.3, -0.25) is 0 Å². The molecule has 0 aliphatic heterocycles. The first-order chi connectivity index (χ1) is 4.22. The molecule has 0 aliphatic rings. The fourth-order valence-electron chi connectivity index (χ4n) is 0.618. The number of aryl methyl sites for hydroxylation is 1. The average molecular weight is 144 g/mol. The van der Waals surface area contributed by atoms with E-state index in [0.717, 1.165) is 5.56 Å². The van der Waals surface area contributed by atoms with Gasteiger partial charge in [0.05, 0.1) is 0 Å². The van der Waals surface area contributed by atoms with Gasteiger partial charge in [0, 0.05) is 11.6 Å². The zero-order valence-electron chi connectivity index (χ0n) is 5.13. The van der Waals surface area contributed by atoms with Crippen LogP contribution in [-0.2, 0) is 0 Å². The summed E-state index contributed by atoms with van der Waals surface area (Å²) in [5.41, 5.74) is 0.988. The minimum Gasteiger partial charge on any atom is -0.204 e. The molecular weight excluding hydrogens is 136 g/mol. The molecular formula is C6H8ClN2+. The molecule has 2 nitrogen and oxygen atoms in total. The van der Waals surface area contributed by atoms with Crippen LogP contribution >= 0.6 is 11.6 Å². The monoisotopic (exact) mass is 143 g/mol. The first kappa shape index (κ1) is 6.36. The maximum atomic E-state index is 5.72. The van der Waals surface area contributed by atoms with Gasteiger partial charge in [-0.2, -0.15) is 0 Å². The molecule has 0 atom stereocenters. The Morgan fingerprint density at radius 1 is 1.67 bits per heavy atom. The molecule has 0 spiro atoms. The van der Waals surface area contributed by atoms with E-state index in [0.29, 0.717) is 5.15 Å². The second-order valence-electron chi connectivity index (χ2n) is 1.89. The van der Waals surface area contributed by atoms with Gasteiger partial charge in [-0.05, 0) is 24.6 Å². The minimum atomic E-state index is 0.581. The fraction of sp³-hybridized carbons (Fsp3) is 0.167. The summed E-state index contributed by atoms with van der Waals surface area (Å²) in [6, 6.07) is 3.76. The Morgan fingerprint density at radius 3 is 2.78 bits per heavy atom. The Morgan fingerprint density at radius 2 is 2.33 bits per heavy atom. The van der Waals surface area contributed by atoms with Gasteiger partial charge in [-0.25, -0.2) is 5.84 Å². The van der Waals surface area contributed by atoms with Crippen molar-refractivity contribution in [1.82, 2.24) is 0 Å². The largest absolute Gasteiger partial charge is 0.306 e. The highest BCUT2D eigenvalue weighted by molar-refractivity contribution is 6.29. The van der Waals surface area contributed by atoms with Crippen molar-refractivity contribution < 1.29 is 4.68 Å². The van der Waals surface area contributed by atoms with Gasteiger partial charge >= 0.3 is 5.15 Å². The van der Waals surface area contributed by atoms with Gasteiger partial charge in [-0.1, -0.05) is 4.68 Å². The van der Waals surface area contributed by atoms with E-state index in [4.69, 9.17) is 17.4 Å². The Bertz CT molecular complexity index is 202. The van der Waals surface area contributed by atoms with Crippen molar-refractivity contribution in [3.05, 3.63) is 29.0 Å². The molecule has 9 heavy (non-hydrogen) atoms. The predicted molar refractivity (Wildman–Crippen MR) is 36.5 cm³/mol. The highest BCUT2D eigenvalue weighted by Crippen LogP contribution is 2.05. The molecule has 0 unspecified atom stereocenters. The molecule has 0 fully saturated rings.